The van der Waals surface area contributed by atoms with E-state index in [0.29, 0.717) is 53.5 Å². The Kier molecular flexibility index (Phi) is 7.05. The molecule has 4 aromatic rings. The lowest BCUT2D eigenvalue weighted by atomic mass is 10.1. The van der Waals surface area contributed by atoms with Gasteiger partial charge >= 0.3 is 0 Å². The zero-order valence-electron chi connectivity index (χ0n) is 16.8. The van der Waals surface area contributed by atoms with Gasteiger partial charge in [-0.15, -0.1) is 0 Å². The number of halogens is 4. The van der Waals surface area contributed by atoms with Crippen LogP contribution in [-0.4, -0.2) is 28.8 Å². The van der Waals surface area contributed by atoms with Crippen LogP contribution in [0.4, 0.5) is 11.5 Å². The van der Waals surface area contributed by atoms with Crippen LogP contribution in [0.25, 0.3) is 10.9 Å². The van der Waals surface area contributed by atoms with E-state index in [-0.39, 0.29) is 17.9 Å². The summed E-state index contributed by atoms with van der Waals surface area (Å²) >= 11 is 24.9. The van der Waals surface area contributed by atoms with Gasteiger partial charge in [0.2, 0.25) is 0 Å². The Labute approximate surface area is 209 Å². The third kappa shape index (κ3) is 4.77. The number of rotatable bonds is 6. The van der Waals surface area contributed by atoms with Crippen molar-refractivity contribution in [1.29, 1.82) is 0 Å². The minimum absolute atomic E-state index is 0.0434. The Balaban J connectivity index is 1.87. The average Bonchev–Trinajstić information content (AvgIpc) is 3.12. The lowest BCUT2D eigenvalue weighted by Crippen LogP contribution is -1.88. The summed E-state index contributed by atoms with van der Waals surface area (Å²) < 4.78 is 0. The number of aliphatic imine (C=N–C) groups is 2. The first-order valence-corrected chi connectivity index (χ1v) is 11.2. The number of carbonyl (C=O) groups is 1. The van der Waals surface area contributed by atoms with E-state index in [1.165, 1.54) is 18.5 Å². The second-order valence-corrected chi connectivity index (χ2v) is 8.59. The molecular weight excluding hydrogens is 504 g/mol. The van der Waals surface area contributed by atoms with Crippen LogP contribution in [0.5, 0.6) is 5.75 Å². The molecule has 33 heavy (non-hydrogen) atoms. The third-order valence-corrected chi connectivity index (χ3v) is 6.25. The van der Waals surface area contributed by atoms with Crippen molar-refractivity contribution in [2.24, 2.45) is 9.98 Å². The Bertz CT molecular complexity index is 1390. The number of phenols is 1. The second kappa shape index (κ2) is 9.98. The van der Waals surface area contributed by atoms with Crippen LogP contribution in [0.2, 0.25) is 20.1 Å². The van der Waals surface area contributed by atoms with Crippen molar-refractivity contribution in [3.8, 4) is 5.75 Å². The highest BCUT2D eigenvalue weighted by Gasteiger charge is 2.17. The zero-order chi connectivity index (χ0) is 23.5. The van der Waals surface area contributed by atoms with Crippen LogP contribution in [0.15, 0.2) is 58.5 Å². The number of fused-ring (bicyclic) bond motifs is 1. The average molecular weight is 519 g/mol. The number of hydrogen-bond donors (Lipinski definition) is 2. The first-order chi connectivity index (χ1) is 15.9. The van der Waals surface area contributed by atoms with E-state index in [0.717, 1.165) is 6.29 Å². The largest absolute Gasteiger partial charge is 0.506 e. The number of benzene rings is 3. The summed E-state index contributed by atoms with van der Waals surface area (Å²) in [5.74, 6) is 0.351. The smallest absolute Gasteiger partial charge is 0.141 e. The van der Waals surface area contributed by atoms with Crippen LogP contribution in [0, 0.1) is 0 Å². The molecule has 0 aliphatic carbocycles. The summed E-state index contributed by atoms with van der Waals surface area (Å²) in [6, 6.07) is 13.4. The number of nitrogens with zero attached hydrogens (tertiary/aromatic N) is 2. The van der Waals surface area contributed by atoms with Crippen molar-refractivity contribution in [3.05, 3.63) is 85.3 Å². The highest BCUT2D eigenvalue weighted by molar-refractivity contribution is 6.39. The van der Waals surface area contributed by atoms with Gasteiger partial charge in [-0.25, -0.2) is 4.99 Å². The van der Waals surface area contributed by atoms with Gasteiger partial charge in [0, 0.05) is 46.4 Å². The lowest BCUT2D eigenvalue weighted by Gasteiger charge is -2.05. The van der Waals surface area contributed by atoms with E-state index in [1.807, 2.05) is 0 Å². The number of carbonyl (C=O) groups excluding carboxylic acids is 1. The van der Waals surface area contributed by atoms with E-state index in [4.69, 9.17) is 46.4 Å². The van der Waals surface area contributed by atoms with Gasteiger partial charge in [0.1, 0.15) is 23.5 Å². The molecule has 1 aromatic heterocycles. The molecule has 0 unspecified atom stereocenters. The minimum Gasteiger partial charge on any atom is -0.506 e. The predicted octanol–water partition coefficient (Wildman–Crippen LogP) is 7.73. The highest BCUT2D eigenvalue weighted by Crippen LogP contribution is 2.41. The highest BCUT2D eigenvalue weighted by atomic mass is 35.5. The summed E-state index contributed by atoms with van der Waals surface area (Å²) in [7, 11) is 0. The fraction of sp³-hybridized carbons (Fsp3) is 0.0417. The van der Waals surface area contributed by atoms with Crippen LogP contribution in [-0.2, 0) is 11.2 Å². The molecular formula is C24H15Cl4N3O2. The molecule has 0 saturated carbocycles. The number of hydrogen-bond acceptors (Lipinski definition) is 4. The first-order valence-electron chi connectivity index (χ1n) is 9.67. The van der Waals surface area contributed by atoms with E-state index < -0.39 is 0 Å². The summed E-state index contributed by atoms with van der Waals surface area (Å²) in [6.45, 7) is 0. The Morgan fingerprint density at radius 2 is 1.36 bits per heavy atom. The van der Waals surface area contributed by atoms with Crippen LogP contribution < -0.4 is 0 Å². The number of phenolic OH excluding ortho intramolecular Hbond substituents is 1. The maximum Gasteiger partial charge on any atom is 0.141 e. The molecule has 1 heterocycles. The van der Waals surface area contributed by atoms with Gasteiger partial charge in [-0.2, -0.15) is 0 Å². The van der Waals surface area contributed by atoms with Gasteiger partial charge in [0.15, 0.2) is 0 Å². The Hall–Kier alpha value is -2.83. The molecule has 3 aromatic carbocycles. The molecule has 0 fully saturated rings. The molecule has 0 atom stereocenters. The molecule has 0 radical (unpaired) electrons. The Morgan fingerprint density at radius 3 is 1.91 bits per heavy atom. The van der Waals surface area contributed by atoms with Crippen molar-refractivity contribution in [1.82, 2.24) is 4.98 Å². The normalized spacial score (nSPS) is 11.8. The van der Waals surface area contributed by atoms with Gasteiger partial charge in [-0.1, -0.05) is 58.5 Å². The van der Waals surface area contributed by atoms with Crippen LogP contribution >= 0.6 is 46.4 Å². The fourth-order valence-electron chi connectivity index (χ4n) is 3.36. The summed E-state index contributed by atoms with van der Waals surface area (Å²) in [5.41, 5.74) is 2.52. The number of aromatic nitrogens is 1. The van der Waals surface area contributed by atoms with Gasteiger partial charge in [0.25, 0.3) is 0 Å². The molecule has 0 aliphatic heterocycles. The molecule has 0 aliphatic rings. The predicted molar refractivity (Wildman–Crippen MR) is 137 cm³/mol. The quantitative estimate of drug-likeness (QED) is 0.202. The summed E-state index contributed by atoms with van der Waals surface area (Å²) in [4.78, 5) is 23.6. The summed E-state index contributed by atoms with van der Waals surface area (Å²) in [5, 5.41) is 12.8. The first kappa shape index (κ1) is 23.3. The molecule has 166 valence electrons. The molecule has 0 bridgehead atoms. The number of aldehydes is 1. The van der Waals surface area contributed by atoms with Crippen molar-refractivity contribution < 1.29 is 9.90 Å². The monoisotopic (exact) mass is 517 g/mol. The number of aromatic hydroxyl groups is 1. The molecule has 0 spiro atoms. The standard InChI is InChI=1S/C24H15Cl4N3O2/c25-16-3-1-4-17(26)14(16)11-29-23-21(33)8-7-20-22(23)13(9-10-32)24(31-20)30-12-15-18(27)5-2-6-19(15)28/h1-8,10-12,31,33H,9H2. The third-order valence-electron chi connectivity index (χ3n) is 4.93. The van der Waals surface area contributed by atoms with Gasteiger partial charge < -0.3 is 14.9 Å². The van der Waals surface area contributed by atoms with Gasteiger partial charge in [0.05, 0.1) is 20.1 Å². The van der Waals surface area contributed by atoms with Gasteiger partial charge in [-0.05, 0) is 36.4 Å². The fourth-order valence-corrected chi connectivity index (χ4v) is 4.35. The van der Waals surface area contributed by atoms with E-state index >= 15 is 0 Å². The number of nitrogens with one attached hydrogen (secondary N) is 1. The van der Waals surface area contributed by atoms with Crippen LogP contribution in [0.1, 0.15) is 16.7 Å². The minimum atomic E-state index is -0.0715. The molecule has 0 saturated heterocycles. The van der Waals surface area contributed by atoms with Crippen molar-refractivity contribution in [2.75, 3.05) is 0 Å². The van der Waals surface area contributed by atoms with Crippen molar-refractivity contribution in [2.45, 2.75) is 6.42 Å². The summed E-state index contributed by atoms with van der Waals surface area (Å²) in [6.07, 6.45) is 3.80. The second-order valence-electron chi connectivity index (χ2n) is 6.97. The maximum absolute atomic E-state index is 11.5. The molecule has 9 heteroatoms. The SMILES string of the molecule is O=CCc1c(N=Cc2c(Cl)cccc2Cl)[nH]c2ccc(O)c(N=Cc3c(Cl)cccc3Cl)c12. The number of aromatic amines is 1. The van der Waals surface area contributed by atoms with Gasteiger partial charge in [-0.3, -0.25) is 4.99 Å². The molecule has 0 amide bonds. The topological polar surface area (TPSA) is 77.8 Å². The maximum atomic E-state index is 11.5. The van der Waals surface area contributed by atoms with E-state index in [9.17, 15) is 9.90 Å². The van der Waals surface area contributed by atoms with Crippen molar-refractivity contribution in [3.63, 3.8) is 0 Å². The lowest BCUT2D eigenvalue weighted by molar-refractivity contribution is -0.107. The molecule has 4 rings (SSSR count). The molecule has 2 N–H and O–H groups in total. The van der Waals surface area contributed by atoms with E-state index in [1.54, 1.807) is 42.5 Å². The molecule has 5 nitrogen and oxygen atoms in total. The zero-order valence-corrected chi connectivity index (χ0v) is 19.8. The van der Waals surface area contributed by atoms with Crippen LogP contribution in [0.3, 0.4) is 0 Å². The van der Waals surface area contributed by atoms with E-state index in [2.05, 4.69) is 15.0 Å². The number of H-pyrrole nitrogens is 1. The van der Waals surface area contributed by atoms with Crippen molar-refractivity contribution >= 4 is 87.5 Å². The Morgan fingerprint density at radius 1 is 0.818 bits per heavy atom.